The van der Waals surface area contributed by atoms with Gasteiger partial charge in [0.15, 0.2) is 0 Å². The molecule has 0 spiro atoms. The quantitative estimate of drug-likeness (QED) is 0.850. The van der Waals surface area contributed by atoms with E-state index in [1.807, 2.05) is 44.2 Å². The molecule has 0 fully saturated rings. The van der Waals surface area contributed by atoms with Crippen molar-refractivity contribution in [1.82, 2.24) is 14.9 Å². The van der Waals surface area contributed by atoms with Crippen LogP contribution in [0.15, 0.2) is 54.1 Å². The Balaban J connectivity index is 2.03. The summed E-state index contributed by atoms with van der Waals surface area (Å²) in [6, 6.07) is 5.74. The van der Waals surface area contributed by atoms with Gasteiger partial charge in [-0.1, -0.05) is 0 Å². The van der Waals surface area contributed by atoms with Crippen LogP contribution in [-0.2, 0) is 0 Å². The molecular formula is C15H15N3O. The van der Waals surface area contributed by atoms with Gasteiger partial charge in [0.25, 0.3) is 0 Å². The molecule has 4 nitrogen and oxygen atoms in total. The van der Waals surface area contributed by atoms with E-state index in [2.05, 4.69) is 10.3 Å². The van der Waals surface area contributed by atoms with Gasteiger partial charge in [-0.3, -0.25) is 9.36 Å². The van der Waals surface area contributed by atoms with E-state index in [-0.39, 0.29) is 11.8 Å². The Morgan fingerprint density at radius 1 is 1.26 bits per heavy atom. The highest BCUT2D eigenvalue weighted by molar-refractivity contribution is 5.93. The van der Waals surface area contributed by atoms with Crippen LogP contribution >= 0.6 is 0 Å². The van der Waals surface area contributed by atoms with Crippen LogP contribution in [-0.4, -0.2) is 15.5 Å². The molecule has 1 aliphatic heterocycles. The summed E-state index contributed by atoms with van der Waals surface area (Å²) >= 11 is 0. The van der Waals surface area contributed by atoms with Crippen LogP contribution in [0.3, 0.4) is 0 Å². The molecule has 96 valence electrons. The maximum atomic E-state index is 12.6. The molecule has 3 heterocycles. The van der Waals surface area contributed by atoms with Crippen LogP contribution in [0.5, 0.6) is 0 Å². The van der Waals surface area contributed by atoms with Gasteiger partial charge in [0, 0.05) is 29.2 Å². The first-order valence-electron chi connectivity index (χ1n) is 6.25. The number of hydrogen-bond donors (Lipinski definition) is 1. The molecule has 2 aromatic rings. The molecule has 2 aromatic heterocycles. The maximum Gasteiger partial charge on any atom is 0.243 e. The molecule has 0 aliphatic carbocycles. The van der Waals surface area contributed by atoms with Gasteiger partial charge in [-0.25, -0.2) is 4.98 Å². The number of dihydropyridines is 1. The Morgan fingerprint density at radius 3 is 2.74 bits per heavy atom. The second kappa shape index (κ2) is 4.39. The smallest absolute Gasteiger partial charge is 0.243 e. The highest BCUT2D eigenvalue weighted by Gasteiger charge is 2.20. The third-order valence-electron chi connectivity index (χ3n) is 3.22. The van der Waals surface area contributed by atoms with Crippen LogP contribution in [0.4, 0.5) is 0 Å². The van der Waals surface area contributed by atoms with Crippen molar-refractivity contribution < 1.29 is 4.79 Å². The molecule has 1 aliphatic rings. The Bertz CT molecular complexity index is 691. The van der Waals surface area contributed by atoms with E-state index in [1.54, 1.807) is 17.0 Å². The minimum atomic E-state index is -0.237. The molecule has 0 unspecified atom stereocenters. The van der Waals surface area contributed by atoms with Crippen LogP contribution in [0.2, 0.25) is 0 Å². The monoisotopic (exact) mass is 253 g/mol. The minimum Gasteiger partial charge on any atom is -0.363 e. The number of fused-ring (bicyclic) bond motifs is 1. The molecule has 4 heteroatoms. The van der Waals surface area contributed by atoms with Gasteiger partial charge < -0.3 is 5.32 Å². The Labute approximate surface area is 111 Å². The predicted molar refractivity (Wildman–Crippen MR) is 74.5 cm³/mol. The van der Waals surface area contributed by atoms with E-state index >= 15 is 0 Å². The van der Waals surface area contributed by atoms with Crippen molar-refractivity contribution in [2.75, 3.05) is 0 Å². The molecule has 0 bridgehead atoms. The Kier molecular flexibility index (Phi) is 2.71. The standard InChI is InChI=1S/C15H15N3O/c1-10-8-13(9-11(2)17-10)15(19)18-7-5-12-4-3-6-16-14(12)18/h3-9,13,17H,1-2H3. The summed E-state index contributed by atoms with van der Waals surface area (Å²) in [5.41, 5.74) is 2.72. The summed E-state index contributed by atoms with van der Waals surface area (Å²) in [5.74, 6) is -0.215. The third kappa shape index (κ3) is 2.05. The lowest BCUT2D eigenvalue weighted by molar-refractivity contribution is 0.0886. The average molecular weight is 253 g/mol. The van der Waals surface area contributed by atoms with Gasteiger partial charge in [0.05, 0.1) is 5.92 Å². The van der Waals surface area contributed by atoms with Crippen molar-refractivity contribution in [3.05, 3.63) is 54.1 Å². The van der Waals surface area contributed by atoms with Crippen molar-refractivity contribution in [2.45, 2.75) is 13.8 Å². The maximum absolute atomic E-state index is 12.6. The van der Waals surface area contributed by atoms with Gasteiger partial charge in [-0.05, 0) is 44.2 Å². The van der Waals surface area contributed by atoms with E-state index in [9.17, 15) is 4.79 Å². The summed E-state index contributed by atoms with van der Waals surface area (Å²) < 4.78 is 1.62. The molecule has 19 heavy (non-hydrogen) atoms. The average Bonchev–Trinajstić information content (AvgIpc) is 2.80. The van der Waals surface area contributed by atoms with Crippen LogP contribution < -0.4 is 5.32 Å². The highest BCUT2D eigenvalue weighted by atomic mass is 16.2. The molecule has 0 aromatic carbocycles. The molecular weight excluding hydrogens is 238 g/mol. The number of rotatable bonds is 1. The normalized spacial score (nSPS) is 15.9. The zero-order chi connectivity index (χ0) is 13.4. The second-order valence-corrected chi connectivity index (χ2v) is 4.79. The fraction of sp³-hybridized carbons (Fsp3) is 0.200. The fourth-order valence-corrected chi connectivity index (χ4v) is 2.43. The topological polar surface area (TPSA) is 46.9 Å². The first kappa shape index (κ1) is 11.7. The van der Waals surface area contributed by atoms with E-state index in [4.69, 9.17) is 0 Å². The number of carbonyl (C=O) groups is 1. The molecule has 0 saturated carbocycles. The summed E-state index contributed by atoms with van der Waals surface area (Å²) in [7, 11) is 0. The number of allylic oxidation sites excluding steroid dienone is 4. The molecule has 0 radical (unpaired) electrons. The summed E-state index contributed by atoms with van der Waals surface area (Å²) in [6.07, 6.45) is 7.36. The van der Waals surface area contributed by atoms with E-state index < -0.39 is 0 Å². The lowest BCUT2D eigenvalue weighted by Crippen LogP contribution is -2.24. The largest absolute Gasteiger partial charge is 0.363 e. The SMILES string of the molecule is CC1=CC(C(=O)n2ccc3cccnc32)C=C(C)N1. The first-order chi connectivity index (χ1) is 9.15. The van der Waals surface area contributed by atoms with Gasteiger partial charge >= 0.3 is 0 Å². The lowest BCUT2D eigenvalue weighted by Gasteiger charge is -2.18. The first-order valence-corrected chi connectivity index (χ1v) is 6.25. The number of hydrogen-bond acceptors (Lipinski definition) is 3. The van der Waals surface area contributed by atoms with Crippen LogP contribution in [0.1, 0.15) is 18.6 Å². The molecule has 0 atom stereocenters. The molecule has 1 N–H and O–H groups in total. The minimum absolute atomic E-state index is 0.0221. The Morgan fingerprint density at radius 2 is 2.00 bits per heavy atom. The molecule has 0 amide bonds. The van der Waals surface area contributed by atoms with Gasteiger partial charge in [-0.15, -0.1) is 0 Å². The number of pyridine rings is 1. The number of nitrogens with zero attached hydrogens (tertiary/aromatic N) is 2. The number of aromatic nitrogens is 2. The fourth-order valence-electron chi connectivity index (χ4n) is 2.43. The van der Waals surface area contributed by atoms with E-state index in [1.165, 1.54) is 0 Å². The van der Waals surface area contributed by atoms with Crippen molar-refractivity contribution in [2.24, 2.45) is 5.92 Å². The summed E-state index contributed by atoms with van der Waals surface area (Å²) in [6.45, 7) is 3.92. The molecule has 3 rings (SSSR count). The zero-order valence-electron chi connectivity index (χ0n) is 10.9. The van der Waals surface area contributed by atoms with E-state index in [0.29, 0.717) is 5.65 Å². The van der Waals surface area contributed by atoms with Gasteiger partial charge in [0.1, 0.15) is 5.65 Å². The summed E-state index contributed by atoms with van der Waals surface area (Å²) in [5, 5.41) is 4.17. The van der Waals surface area contributed by atoms with E-state index in [0.717, 1.165) is 16.8 Å². The number of nitrogens with one attached hydrogen (secondary N) is 1. The summed E-state index contributed by atoms with van der Waals surface area (Å²) in [4.78, 5) is 16.9. The third-order valence-corrected chi connectivity index (χ3v) is 3.22. The molecule has 0 saturated heterocycles. The second-order valence-electron chi connectivity index (χ2n) is 4.79. The predicted octanol–water partition coefficient (Wildman–Crippen LogP) is 2.70. The van der Waals surface area contributed by atoms with Crippen molar-refractivity contribution in [1.29, 1.82) is 0 Å². The highest BCUT2D eigenvalue weighted by Crippen LogP contribution is 2.19. The zero-order valence-corrected chi connectivity index (χ0v) is 10.9. The van der Waals surface area contributed by atoms with Crippen LogP contribution in [0, 0.1) is 5.92 Å². The Hall–Kier alpha value is -2.36. The number of carbonyl (C=O) groups excluding carboxylic acids is 1. The van der Waals surface area contributed by atoms with Crippen molar-refractivity contribution in [3.63, 3.8) is 0 Å². The van der Waals surface area contributed by atoms with Crippen molar-refractivity contribution >= 4 is 16.9 Å². The van der Waals surface area contributed by atoms with Gasteiger partial charge in [-0.2, -0.15) is 0 Å². The van der Waals surface area contributed by atoms with Gasteiger partial charge in [0.2, 0.25) is 5.91 Å². The van der Waals surface area contributed by atoms with Crippen molar-refractivity contribution in [3.8, 4) is 0 Å². The van der Waals surface area contributed by atoms with Crippen LogP contribution in [0.25, 0.3) is 11.0 Å². The lowest BCUT2D eigenvalue weighted by atomic mass is 10.0.